The van der Waals surface area contributed by atoms with Gasteiger partial charge in [-0.15, -0.1) is 0 Å². The van der Waals surface area contributed by atoms with Crippen LogP contribution in [0.15, 0.2) is 264 Å². The fourth-order valence-corrected chi connectivity index (χ4v) is 12.9. The molecule has 16 aromatic rings. The predicted molar refractivity (Wildman–Crippen MR) is 330 cm³/mol. The maximum Gasteiger partial charge on any atom is 0.417 e. The second-order valence-electron chi connectivity index (χ2n) is 21.1. The van der Waals surface area contributed by atoms with Gasteiger partial charge in [-0.05, 0) is 128 Å². The molecule has 2 heterocycles. The summed E-state index contributed by atoms with van der Waals surface area (Å²) in [4.78, 5) is 4.36. The fraction of sp³-hybridized carbons (Fsp3) is 0.0270. The second kappa shape index (κ2) is 17.8. The van der Waals surface area contributed by atoms with Crippen LogP contribution < -0.4 is 9.80 Å². The third-order valence-electron chi connectivity index (χ3n) is 16.5. The highest BCUT2D eigenvalue weighted by Gasteiger charge is 2.35. The highest BCUT2D eigenvalue weighted by atomic mass is 19.4. The molecule has 384 valence electrons. The second-order valence-corrected chi connectivity index (χ2v) is 21.1. The van der Waals surface area contributed by atoms with Crippen molar-refractivity contribution in [1.82, 2.24) is 0 Å². The maximum absolute atomic E-state index is 15.7. The van der Waals surface area contributed by atoms with E-state index >= 15 is 13.2 Å². The summed E-state index contributed by atoms with van der Waals surface area (Å²) < 4.78 is 60.8. The third-order valence-corrected chi connectivity index (χ3v) is 16.5. The molecule has 4 nitrogen and oxygen atoms in total. The van der Waals surface area contributed by atoms with Crippen LogP contribution in [-0.2, 0) is 6.18 Å². The number of anilines is 6. The molecule has 0 atom stereocenters. The summed E-state index contributed by atoms with van der Waals surface area (Å²) >= 11 is 0. The Morgan fingerprint density at radius 1 is 0.321 bits per heavy atom. The smallest absolute Gasteiger partial charge is 0.417 e. The molecular weight excluding hydrogens is 1010 g/mol. The molecule has 0 radical (unpaired) electrons. The molecule has 0 unspecified atom stereocenters. The van der Waals surface area contributed by atoms with E-state index in [1.807, 2.05) is 95.9 Å². The monoisotopic (exact) mass is 1050 g/mol. The van der Waals surface area contributed by atoms with Gasteiger partial charge in [-0.2, -0.15) is 13.2 Å². The molecule has 81 heavy (non-hydrogen) atoms. The number of rotatable bonds is 8. The van der Waals surface area contributed by atoms with Crippen molar-refractivity contribution in [2.24, 2.45) is 0 Å². The zero-order valence-corrected chi connectivity index (χ0v) is 43.6. The van der Waals surface area contributed by atoms with Crippen molar-refractivity contribution in [2.45, 2.75) is 13.1 Å². The van der Waals surface area contributed by atoms with E-state index < -0.39 is 11.7 Å². The quantitative estimate of drug-likeness (QED) is 0.142. The van der Waals surface area contributed by atoms with E-state index in [-0.39, 0.29) is 5.39 Å². The lowest BCUT2D eigenvalue weighted by Gasteiger charge is -2.31. The average Bonchev–Trinajstić information content (AvgIpc) is 4.22. The normalized spacial score (nSPS) is 12.2. The van der Waals surface area contributed by atoms with Gasteiger partial charge in [-0.1, -0.05) is 194 Å². The first-order valence-corrected chi connectivity index (χ1v) is 27.1. The summed E-state index contributed by atoms with van der Waals surface area (Å²) in [5, 5.41) is 12.5. The molecule has 0 bridgehead atoms. The Morgan fingerprint density at radius 2 is 0.728 bits per heavy atom. The van der Waals surface area contributed by atoms with Crippen LogP contribution in [-0.4, -0.2) is 0 Å². The molecule has 0 aliphatic heterocycles. The molecular formula is C74H45F3N2O2. The first kappa shape index (κ1) is 46.7. The zero-order valence-electron chi connectivity index (χ0n) is 43.6. The van der Waals surface area contributed by atoms with E-state index in [1.54, 1.807) is 24.3 Å². The topological polar surface area (TPSA) is 32.8 Å². The van der Waals surface area contributed by atoms with E-state index in [2.05, 4.69) is 145 Å². The Labute approximate surface area is 462 Å². The average molecular weight is 1050 g/mol. The lowest BCUT2D eigenvalue weighted by molar-refractivity contribution is -0.136. The summed E-state index contributed by atoms with van der Waals surface area (Å²) in [6, 6.07) is 85.5. The first-order chi connectivity index (χ1) is 39.7. The molecule has 0 saturated heterocycles. The summed E-state index contributed by atoms with van der Waals surface area (Å²) in [5.74, 6) is 0. The number of halogens is 3. The molecule has 0 aliphatic carbocycles. The van der Waals surface area contributed by atoms with E-state index in [0.29, 0.717) is 33.6 Å². The molecule has 14 aromatic carbocycles. The van der Waals surface area contributed by atoms with Gasteiger partial charge < -0.3 is 18.6 Å². The molecule has 2 aromatic heterocycles. The summed E-state index contributed by atoms with van der Waals surface area (Å²) in [6.45, 7) is 2.17. The van der Waals surface area contributed by atoms with Crippen LogP contribution in [0.25, 0.3) is 120 Å². The molecule has 0 amide bonds. The maximum atomic E-state index is 15.7. The molecule has 7 heteroatoms. The Kier molecular flexibility index (Phi) is 10.3. The minimum absolute atomic E-state index is 0.126. The standard InChI is InChI=1S/C74H45F3N2O2/c1-44-38-49(39-47-22-8-10-24-51(44)47)78(64-30-16-28-57-53-26-12-14-32-68(53)80-72(57)64)66-42-61(45-18-4-2-5-19-45)55-35-37-60-67(43-62(46-20-6-3-7-21-46)56-34-36-59(66)70(55)71(56)60)79(50-40-48-23-9-11-25-52(48)63(41-50)74(75,76)77)65-31-17-29-58-54-27-13-15-33-69(54)81-73(58)65/h2-43H,1H3. The van der Waals surface area contributed by atoms with Crippen LogP contribution in [0.4, 0.5) is 47.3 Å². The number of furan rings is 2. The number of alkyl halides is 3. The van der Waals surface area contributed by atoms with Gasteiger partial charge in [0.25, 0.3) is 0 Å². The molecule has 0 saturated carbocycles. The lowest BCUT2D eigenvalue weighted by atomic mass is 9.85. The first-order valence-electron chi connectivity index (χ1n) is 27.1. The molecule has 0 fully saturated rings. The molecule has 0 spiro atoms. The Morgan fingerprint density at radius 3 is 1.23 bits per heavy atom. The number of hydrogen-bond donors (Lipinski definition) is 0. The van der Waals surface area contributed by atoms with Crippen molar-refractivity contribution in [3.8, 4) is 22.3 Å². The summed E-state index contributed by atoms with van der Waals surface area (Å²) in [5.41, 5.74) is 11.5. The Balaban J connectivity index is 1.08. The highest BCUT2D eigenvalue weighted by molar-refractivity contribution is 6.33. The third kappa shape index (κ3) is 7.25. The van der Waals surface area contributed by atoms with E-state index in [1.165, 1.54) is 11.5 Å². The van der Waals surface area contributed by atoms with Crippen molar-refractivity contribution in [3.63, 3.8) is 0 Å². The van der Waals surface area contributed by atoms with Crippen LogP contribution in [0.1, 0.15) is 11.1 Å². The predicted octanol–water partition coefficient (Wildman–Crippen LogP) is 22.3. The number of fused-ring (bicyclic) bond motifs is 8. The van der Waals surface area contributed by atoms with Gasteiger partial charge in [0, 0.05) is 54.5 Å². The van der Waals surface area contributed by atoms with Crippen molar-refractivity contribution in [3.05, 3.63) is 266 Å². The van der Waals surface area contributed by atoms with Crippen molar-refractivity contribution >= 4 is 132 Å². The van der Waals surface area contributed by atoms with Crippen LogP contribution >= 0.6 is 0 Å². The van der Waals surface area contributed by atoms with Gasteiger partial charge in [-0.3, -0.25) is 0 Å². The van der Waals surface area contributed by atoms with Crippen molar-refractivity contribution in [1.29, 1.82) is 0 Å². The van der Waals surface area contributed by atoms with Gasteiger partial charge in [0.05, 0.1) is 28.3 Å². The van der Waals surface area contributed by atoms with Gasteiger partial charge >= 0.3 is 6.18 Å². The minimum atomic E-state index is -4.67. The number of nitrogens with zero attached hydrogens (tertiary/aromatic N) is 2. The van der Waals surface area contributed by atoms with Crippen LogP contribution in [0.3, 0.4) is 0 Å². The fourth-order valence-electron chi connectivity index (χ4n) is 12.9. The van der Waals surface area contributed by atoms with Gasteiger partial charge in [0.15, 0.2) is 11.2 Å². The molecule has 0 aliphatic rings. The SMILES string of the molecule is Cc1cc(N(c2cc(-c3ccccc3)c3ccc4c(N(c5cc(C(F)(F)F)c6ccccc6c5)c5cccc6c5oc5ccccc56)cc(-c5ccccc5)c5ccc2c3c54)c2cccc3c2oc2ccccc23)cc2ccccc12. The highest BCUT2D eigenvalue weighted by Crippen LogP contribution is 2.55. The lowest BCUT2D eigenvalue weighted by Crippen LogP contribution is -2.14. The number of aryl methyl sites for hydroxylation is 1. The molecule has 0 N–H and O–H groups in total. The number of hydrogen-bond acceptors (Lipinski definition) is 4. The van der Waals surface area contributed by atoms with E-state index in [9.17, 15) is 0 Å². The largest absolute Gasteiger partial charge is 0.454 e. The van der Waals surface area contributed by atoms with Gasteiger partial charge in [0.2, 0.25) is 0 Å². The zero-order chi connectivity index (χ0) is 54.1. The van der Waals surface area contributed by atoms with E-state index in [4.69, 9.17) is 8.83 Å². The van der Waals surface area contributed by atoms with E-state index in [0.717, 1.165) is 115 Å². The Bertz CT molecular complexity index is 5200. The van der Waals surface area contributed by atoms with Crippen molar-refractivity contribution < 1.29 is 22.0 Å². The van der Waals surface area contributed by atoms with Gasteiger partial charge in [0.1, 0.15) is 11.2 Å². The van der Waals surface area contributed by atoms with Crippen molar-refractivity contribution in [2.75, 3.05) is 9.80 Å². The van der Waals surface area contributed by atoms with Crippen LogP contribution in [0.2, 0.25) is 0 Å². The minimum Gasteiger partial charge on any atom is -0.454 e. The van der Waals surface area contributed by atoms with Crippen LogP contribution in [0, 0.1) is 6.92 Å². The summed E-state index contributed by atoms with van der Waals surface area (Å²) in [6.07, 6.45) is -4.67. The molecule has 16 rings (SSSR count). The van der Waals surface area contributed by atoms with Crippen LogP contribution in [0.5, 0.6) is 0 Å². The number of benzene rings is 14. The van der Waals surface area contributed by atoms with Gasteiger partial charge in [-0.25, -0.2) is 0 Å². The summed E-state index contributed by atoms with van der Waals surface area (Å²) in [7, 11) is 0. The Hall–Kier alpha value is -10.4. The number of para-hydroxylation sites is 4.